The zero-order valence-electron chi connectivity index (χ0n) is 12.3. The van der Waals surface area contributed by atoms with Crippen molar-refractivity contribution in [1.82, 2.24) is 14.9 Å². The van der Waals surface area contributed by atoms with E-state index in [-0.39, 0.29) is 11.6 Å². The van der Waals surface area contributed by atoms with Crippen molar-refractivity contribution in [2.75, 3.05) is 5.32 Å². The van der Waals surface area contributed by atoms with Crippen LogP contribution in [0.5, 0.6) is 0 Å². The number of nitrogens with one attached hydrogen (secondary N) is 1. The van der Waals surface area contributed by atoms with Gasteiger partial charge in [0.05, 0.1) is 29.6 Å². The lowest BCUT2D eigenvalue weighted by Gasteiger charge is -2.05. The van der Waals surface area contributed by atoms with Crippen LogP contribution in [0.3, 0.4) is 0 Å². The van der Waals surface area contributed by atoms with Crippen molar-refractivity contribution in [3.8, 4) is 16.7 Å². The zero-order valence-corrected chi connectivity index (χ0v) is 13.1. The number of carbonyl (C=O) groups excluding carboxylic acids is 1. The van der Waals surface area contributed by atoms with Crippen molar-refractivity contribution in [3.63, 3.8) is 0 Å². The number of carbonyl (C=O) groups is 1. The topological polar surface area (TPSA) is 96.7 Å². The number of hydrogen-bond donors (Lipinski definition) is 1. The molecule has 3 heterocycles. The normalized spacial score (nSPS) is 10.4. The van der Waals surface area contributed by atoms with Gasteiger partial charge in [0.2, 0.25) is 0 Å². The van der Waals surface area contributed by atoms with E-state index in [1.54, 1.807) is 16.8 Å². The summed E-state index contributed by atoms with van der Waals surface area (Å²) in [5, 5.41) is 21.4. The number of thiophene rings is 1. The third-order valence-corrected chi connectivity index (χ3v) is 3.97. The second-order valence-corrected chi connectivity index (χ2v) is 5.76. The van der Waals surface area contributed by atoms with Crippen LogP contribution >= 0.6 is 11.3 Å². The van der Waals surface area contributed by atoms with Crippen molar-refractivity contribution < 1.29 is 9.32 Å². The fraction of sp³-hybridized carbons (Fsp3) is 0.200. The van der Waals surface area contributed by atoms with Crippen LogP contribution in [0.1, 0.15) is 22.6 Å². The lowest BCUT2D eigenvalue weighted by atomic mass is 10.3. The average molecular weight is 327 g/mol. The van der Waals surface area contributed by atoms with Gasteiger partial charge in [-0.25, -0.2) is 4.68 Å². The van der Waals surface area contributed by atoms with Crippen LogP contribution < -0.4 is 5.32 Å². The Morgan fingerprint density at radius 2 is 2.39 bits per heavy atom. The molecule has 23 heavy (non-hydrogen) atoms. The number of aromatic nitrogens is 3. The Kier molecular flexibility index (Phi) is 4.21. The highest BCUT2D eigenvalue weighted by molar-refractivity contribution is 7.13. The molecule has 3 rings (SSSR count). The van der Waals surface area contributed by atoms with Crippen LogP contribution in [0, 0.1) is 18.3 Å². The predicted octanol–water partition coefficient (Wildman–Crippen LogP) is 3.07. The second-order valence-electron chi connectivity index (χ2n) is 4.81. The quantitative estimate of drug-likeness (QED) is 0.776. The molecule has 0 fully saturated rings. The van der Waals surface area contributed by atoms with Gasteiger partial charge in [0.15, 0.2) is 11.5 Å². The summed E-state index contributed by atoms with van der Waals surface area (Å²) in [5.74, 6) is 0.706. The van der Waals surface area contributed by atoms with Gasteiger partial charge in [-0.15, -0.1) is 11.3 Å². The second kappa shape index (κ2) is 6.46. The van der Waals surface area contributed by atoms with E-state index in [0.717, 1.165) is 10.6 Å². The SMILES string of the molecule is Cc1cc(NC(=O)c2cc(-c3cccs3)on2)n(CCC#N)n1. The number of nitriles is 1. The first kappa shape index (κ1) is 15.0. The minimum absolute atomic E-state index is 0.194. The molecule has 116 valence electrons. The maximum absolute atomic E-state index is 12.3. The molecule has 3 aromatic heterocycles. The van der Waals surface area contributed by atoms with Crippen molar-refractivity contribution in [3.05, 3.63) is 41.0 Å². The van der Waals surface area contributed by atoms with Crippen molar-refractivity contribution in [1.29, 1.82) is 5.26 Å². The molecule has 0 spiro atoms. The van der Waals surface area contributed by atoms with E-state index in [1.807, 2.05) is 24.4 Å². The molecule has 0 aliphatic rings. The van der Waals surface area contributed by atoms with E-state index >= 15 is 0 Å². The fourth-order valence-electron chi connectivity index (χ4n) is 2.07. The van der Waals surface area contributed by atoms with Crippen LogP contribution in [0.15, 0.2) is 34.2 Å². The molecule has 3 aromatic rings. The van der Waals surface area contributed by atoms with E-state index in [1.165, 1.54) is 11.3 Å². The number of rotatable bonds is 5. The Balaban J connectivity index is 1.76. The van der Waals surface area contributed by atoms with Gasteiger partial charge in [-0.3, -0.25) is 4.79 Å². The maximum atomic E-state index is 12.3. The summed E-state index contributed by atoms with van der Waals surface area (Å²) in [6, 6.07) is 9.20. The van der Waals surface area contributed by atoms with Gasteiger partial charge in [-0.2, -0.15) is 10.4 Å². The summed E-state index contributed by atoms with van der Waals surface area (Å²) >= 11 is 1.51. The lowest BCUT2D eigenvalue weighted by Crippen LogP contribution is -2.16. The number of aryl methyl sites for hydroxylation is 2. The van der Waals surface area contributed by atoms with Gasteiger partial charge < -0.3 is 9.84 Å². The molecule has 0 saturated heterocycles. The zero-order chi connectivity index (χ0) is 16.2. The van der Waals surface area contributed by atoms with Crippen molar-refractivity contribution in [2.45, 2.75) is 19.9 Å². The Morgan fingerprint density at radius 3 is 3.13 bits per heavy atom. The van der Waals surface area contributed by atoms with E-state index in [0.29, 0.717) is 24.5 Å². The minimum atomic E-state index is -0.380. The molecule has 0 atom stereocenters. The van der Waals surface area contributed by atoms with E-state index < -0.39 is 0 Å². The predicted molar refractivity (Wildman–Crippen MR) is 85.0 cm³/mol. The van der Waals surface area contributed by atoms with Crippen LogP contribution in [0.2, 0.25) is 0 Å². The van der Waals surface area contributed by atoms with Gasteiger partial charge >= 0.3 is 0 Å². The maximum Gasteiger partial charge on any atom is 0.279 e. The van der Waals surface area contributed by atoms with Gasteiger partial charge in [-0.1, -0.05) is 11.2 Å². The Bertz CT molecular complexity index is 857. The molecule has 0 unspecified atom stereocenters. The van der Waals surface area contributed by atoms with E-state index in [2.05, 4.69) is 21.6 Å². The van der Waals surface area contributed by atoms with Crippen molar-refractivity contribution >= 4 is 23.1 Å². The summed E-state index contributed by atoms with van der Waals surface area (Å²) < 4.78 is 6.80. The number of hydrogen-bond acceptors (Lipinski definition) is 6. The Hall–Kier alpha value is -2.92. The smallest absolute Gasteiger partial charge is 0.279 e. The first-order valence-electron chi connectivity index (χ1n) is 6.90. The summed E-state index contributed by atoms with van der Waals surface area (Å²) in [5.41, 5.74) is 0.955. The first-order chi connectivity index (χ1) is 11.2. The molecule has 1 amide bonds. The monoisotopic (exact) mass is 327 g/mol. The highest BCUT2D eigenvalue weighted by Crippen LogP contribution is 2.25. The molecule has 0 aliphatic heterocycles. The summed E-state index contributed by atoms with van der Waals surface area (Å²) in [7, 11) is 0. The molecule has 0 aromatic carbocycles. The summed E-state index contributed by atoms with van der Waals surface area (Å²) in [4.78, 5) is 13.2. The Morgan fingerprint density at radius 1 is 1.52 bits per heavy atom. The van der Waals surface area contributed by atoms with Gasteiger partial charge in [0, 0.05) is 12.1 Å². The van der Waals surface area contributed by atoms with E-state index in [9.17, 15) is 4.79 Å². The van der Waals surface area contributed by atoms with Crippen LogP contribution in [0.4, 0.5) is 5.82 Å². The highest BCUT2D eigenvalue weighted by Gasteiger charge is 2.16. The lowest BCUT2D eigenvalue weighted by molar-refractivity contribution is 0.101. The molecular formula is C15H13N5O2S. The molecule has 7 nitrogen and oxygen atoms in total. The van der Waals surface area contributed by atoms with Crippen molar-refractivity contribution in [2.24, 2.45) is 0 Å². The average Bonchev–Trinajstić information content (AvgIpc) is 3.25. The Labute approximate surface area is 136 Å². The number of anilines is 1. The summed E-state index contributed by atoms with van der Waals surface area (Å²) in [6.07, 6.45) is 0.316. The first-order valence-corrected chi connectivity index (χ1v) is 7.78. The molecule has 0 radical (unpaired) electrons. The molecule has 8 heteroatoms. The molecule has 0 aliphatic carbocycles. The molecule has 1 N–H and O–H groups in total. The largest absolute Gasteiger partial charge is 0.355 e. The van der Waals surface area contributed by atoms with Crippen LogP contribution in [0.25, 0.3) is 10.6 Å². The fourth-order valence-corrected chi connectivity index (χ4v) is 2.74. The van der Waals surface area contributed by atoms with Crippen LogP contribution in [-0.2, 0) is 6.54 Å². The van der Waals surface area contributed by atoms with Gasteiger partial charge in [0.25, 0.3) is 5.91 Å². The summed E-state index contributed by atoms with van der Waals surface area (Å²) in [6.45, 7) is 2.24. The third-order valence-electron chi connectivity index (χ3n) is 3.09. The molecule has 0 bridgehead atoms. The van der Waals surface area contributed by atoms with Gasteiger partial charge in [0.1, 0.15) is 5.82 Å². The number of amides is 1. The highest BCUT2D eigenvalue weighted by atomic mass is 32.1. The molecular weight excluding hydrogens is 314 g/mol. The molecule has 0 saturated carbocycles. The minimum Gasteiger partial charge on any atom is -0.355 e. The third kappa shape index (κ3) is 3.30. The van der Waals surface area contributed by atoms with Gasteiger partial charge in [-0.05, 0) is 18.4 Å². The number of nitrogens with zero attached hydrogens (tertiary/aromatic N) is 4. The standard InChI is InChI=1S/C15H13N5O2S/c1-10-8-14(20(18-10)6-3-5-16)17-15(21)11-9-12(22-19-11)13-4-2-7-23-13/h2,4,7-9H,3,6H2,1H3,(H,17,21). The van der Waals surface area contributed by atoms with Crippen LogP contribution in [-0.4, -0.2) is 20.8 Å². The van der Waals surface area contributed by atoms with E-state index in [4.69, 9.17) is 9.78 Å².